The molecule has 17 heavy (non-hydrogen) atoms. The Balaban J connectivity index is 2.05. The number of hydrogen-bond donors (Lipinski definition) is 1. The molecule has 1 fully saturated rings. The minimum Gasteiger partial charge on any atom is -0.398 e. The van der Waals surface area contributed by atoms with Gasteiger partial charge in [0, 0.05) is 30.9 Å². The number of carbonyl (C=O) groups is 1. The van der Waals surface area contributed by atoms with Gasteiger partial charge in [-0.3, -0.25) is 9.69 Å². The molecule has 1 aromatic carbocycles. The van der Waals surface area contributed by atoms with E-state index in [4.69, 9.17) is 10.5 Å². The van der Waals surface area contributed by atoms with Crippen molar-refractivity contribution < 1.29 is 9.53 Å². The first-order valence-electron chi connectivity index (χ1n) is 5.86. The van der Waals surface area contributed by atoms with Gasteiger partial charge in [0.05, 0.1) is 12.7 Å². The van der Waals surface area contributed by atoms with Crippen molar-refractivity contribution in [3.8, 4) is 0 Å². The van der Waals surface area contributed by atoms with Gasteiger partial charge < -0.3 is 10.5 Å². The van der Waals surface area contributed by atoms with E-state index in [1.807, 2.05) is 12.1 Å². The topological polar surface area (TPSA) is 55.6 Å². The first kappa shape index (κ1) is 12.1. The van der Waals surface area contributed by atoms with E-state index >= 15 is 0 Å². The van der Waals surface area contributed by atoms with Crippen molar-refractivity contribution in [2.24, 2.45) is 0 Å². The molecule has 4 nitrogen and oxygen atoms in total. The average molecular weight is 234 g/mol. The molecule has 0 saturated carbocycles. The van der Waals surface area contributed by atoms with Crippen LogP contribution in [0.5, 0.6) is 0 Å². The summed E-state index contributed by atoms with van der Waals surface area (Å²) in [6, 6.07) is 5.63. The van der Waals surface area contributed by atoms with Crippen LogP contribution < -0.4 is 5.73 Å². The van der Waals surface area contributed by atoms with Crippen LogP contribution in [0.15, 0.2) is 18.2 Å². The first-order chi connectivity index (χ1) is 8.19. The van der Waals surface area contributed by atoms with Gasteiger partial charge >= 0.3 is 0 Å². The highest BCUT2D eigenvalue weighted by molar-refractivity contribution is 5.83. The van der Waals surface area contributed by atoms with Crippen LogP contribution in [0.1, 0.15) is 22.8 Å². The number of rotatable bonds is 3. The SMILES string of the molecule is C[C@H]1CN(Cc2ccc(N)c(C=O)c2)CCO1. The fourth-order valence-corrected chi connectivity index (χ4v) is 2.12. The highest BCUT2D eigenvalue weighted by Gasteiger charge is 2.16. The summed E-state index contributed by atoms with van der Waals surface area (Å²) in [4.78, 5) is 13.1. The molecule has 2 rings (SSSR count). The Morgan fingerprint density at radius 1 is 1.59 bits per heavy atom. The fraction of sp³-hybridized carbons (Fsp3) is 0.462. The molecule has 92 valence electrons. The molecule has 1 aliphatic heterocycles. The Morgan fingerprint density at radius 3 is 3.12 bits per heavy atom. The van der Waals surface area contributed by atoms with Gasteiger partial charge in [-0.15, -0.1) is 0 Å². The molecule has 0 aliphatic carbocycles. The van der Waals surface area contributed by atoms with E-state index in [-0.39, 0.29) is 6.10 Å². The van der Waals surface area contributed by atoms with Crippen molar-refractivity contribution in [2.75, 3.05) is 25.4 Å². The second kappa shape index (κ2) is 5.29. The highest BCUT2D eigenvalue weighted by atomic mass is 16.5. The van der Waals surface area contributed by atoms with Gasteiger partial charge in [-0.05, 0) is 24.6 Å². The normalized spacial score (nSPS) is 21.4. The number of hydrogen-bond acceptors (Lipinski definition) is 4. The molecule has 1 saturated heterocycles. The molecule has 0 radical (unpaired) electrons. The van der Waals surface area contributed by atoms with Crippen LogP contribution in [-0.4, -0.2) is 37.0 Å². The van der Waals surface area contributed by atoms with Gasteiger partial charge in [0.15, 0.2) is 6.29 Å². The van der Waals surface area contributed by atoms with Crippen molar-refractivity contribution in [1.82, 2.24) is 4.90 Å². The number of aldehydes is 1. The van der Waals surface area contributed by atoms with E-state index in [1.54, 1.807) is 6.07 Å². The van der Waals surface area contributed by atoms with Gasteiger partial charge in [-0.1, -0.05) is 6.07 Å². The standard InChI is InChI=1S/C13H18N2O2/c1-10-7-15(4-5-17-10)8-11-2-3-13(14)12(6-11)9-16/h2-3,6,9-10H,4-5,7-8,14H2,1H3/t10-/m0/s1. The first-order valence-corrected chi connectivity index (χ1v) is 5.86. The predicted octanol–water partition coefficient (Wildman–Crippen LogP) is 1.30. The fourth-order valence-electron chi connectivity index (χ4n) is 2.12. The second-order valence-corrected chi connectivity index (χ2v) is 4.50. The summed E-state index contributed by atoms with van der Waals surface area (Å²) in [6.45, 7) is 5.56. The van der Waals surface area contributed by atoms with E-state index < -0.39 is 0 Å². The quantitative estimate of drug-likeness (QED) is 0.632. The molecule has 2 N–H and O–H groups in total. The van der Waals surface area contributed by atoms with Crippen LogP contribution in [0.3, 0.4) is 0 Å². The maximum absolute atomic E-state index is 10.8. The van der Waals surface area contributed by atoms with Crippen LogP contribution in [0.4, 0.5) is 5.69 Å². The van der Waals surface area contributed by atoms with Crippen molar-refractivity contribution in [2.45, 2.75) is 19.6 Å². The summed E-state index contributed by atoms with van der Waals surface area (Å²) in [5.74, 6) is 0. The minimum atomic E-state index is 0.281. The van der Waals surface area contributed by atoms with Gasteiger partial charge in [0.1, 0.15) is 0 Å². The highest BCUT2D eigenvalue weighted by Crippen LogP contribution is 2.15. The van der Waals surface area contributed by atoms with Gasteiger partial charge in [-0.2, -0.15) is 0 Å². The summed E-state index contributed by atoms with van der Waals surface area (Å²) < 4.78 is 5.49. The average Bonchev–Trinajstić information content (AvgIpc) is 2.32. The van der Waals surface area contributed by atoms with Crippen LogP contribution in [0.25, 0.3) is 0 Å². The third-order valence-electron chi connectivity index (χ3n) is 3.01. The second-order valence-electron chi connectivity index (χ2n) is 4.50. The molecule has 0 unspecified atom stereocenters. The van der Waals surface area contributed by atoms with Crippen LogP contribution >= 0.6 is 0 Å². The molecule has 4 heteroatoms. The molecule has 0 spiro atoms. The lowest BCUT2D eigenvalue weighted by atomic mass is 10.1. The molecule has 1 atom stereocenters. The molecular formula is C13H18N2O2. The number of benzene rings is 1. The van der Waals surface area contributed by atoms with Crippen molar-refractivity contribution in [1.29, 1.82) is 0 Å². The van der Waals surface area contributed by atoms with Crippen molar-refractivity contribution in [3.05, 3.63) is 29.3 Å². The Morgan fingerprint density at radius 2 is 2.41 bits per heavy atom. The zero-order chi connectivity index (χ0) is 12.3. The van der Waals surface area contributed by atoms with E-state index in [0.717, 1.165) is 38.1 Å². The van der Waals surface area contributed by atoms with E-state index in [1.165, 1.54) is 0 Å². The van der Waals surface area contributed by atoms with E-state index in [2.05, 4.69) is 11.8 Å². The maximum Gasteiger partial charge on any atom is 0.152 e. The molecule has 1 aromatic rings. The van der Waals surface area contributed by atoms with Crippen LogP contribution in [0, 0.1) is 0 Å². The van der Waals surface area contributed by atoms with Gasteiger partial charge in [-0.25, -0.2) is 0 Å². The lowest BCUT2D eigenvalue weighted by Gasteiger charge is -2.31. The van der Waals surface area contributed by atoms with Crippen molar-refractivity contribution in [3.63, 3.8) is 0 Å². The van der Waals surface area contributed by atoms with Gasteiger partial charge in [0.25, 0.3) is 0 Å². The molecule has 0 amide bonds. The summed E-state index contributed by atoms with van der Waals surface area (Å²) in [6.07, 6.45) is 1.09. The number of carbonyl (C=O) groups excluding carboxylic acids is 1. The Hall–Kier alpha value is -1.39. The lowest BCUT2D eigenvalue weighted by Crippen LogP contribution is -2.40. The Kier molecular flexibility index (Phi) is 3.76. The molecule has 0 bridgehead atoms. The number of anilines is 1. The molecule has 1 heterocycles. The monoisotopic (exact) mass is 234 g/mol. The Bertz CT molecular complexity index is 406. The van der Waals surface area contributed by atoms with Crippen LogP contribution in [-0.2, 0) is 11.3 Å². The van der Waals surface area contributed by atoms with E-state index in [9.17, 15) is 4.79 Å². The molecule has 0 aromatic heterocycles. The lowest BCUT2D eigenvalue weighted by molar-refractivity contribution is -0.0212. The van der Waals surface area contributed by atoms with Gasteiger partial charge in [0.2, 0.25) is 0 Å². The number of nitrogens with zero attached hydrogens (tertiary/aromatic N) is 1. The Labute approximate surface area is 101 Å². The maximum atomic E-state index is 10.8. The molecular weight excluding hydrogens is 216 g/mol. The number of nitrogen functional groups attached to an aromatic ring is 1. The summed E-state index contributed by atoms with van der Waals surface area (Å²) in [7, 11) is 0. The number of ether oxygens (including phenoxy) is 1. The zero-order valence-corrected chi connectivity index (χ0v) is 10.1. The third kappa shape index (κ3) is 3.05. The number of nitrogens with two attached hydrogens (primary N) is 1. The van der Waals surface area contributed by atoms with Crippen LogP contribution in [0.2, 0.25) is 0 Å². The smallest absolute Gasteiger partial charge is 0.152 e. The number of morpholine rings is 1. The minimum absolute atomic E-state index is 0.281. The van der Waals surface area contributed by atoms with E-state index in [0.29, 0.717) is 11.3 Å². The van der Waals surface area contributed by atoms with Crippen molar-refractivity contribution >= 4 is 12.0 Å². The third-order valence-corrected chi connectivity index (χ3v) is 3.01. The summed E-state index contributed by atoms with van der Waals surface area (Å²) >= 11 is 0. The summed E-state index contributed by atoms with van der Waals surface area (Å²) in [5, 5.41) is 0. The summed E-state index contributed by atoms with van der Waals surface area (Å²) in [5.41, 5.74) is 7.92. The zero-order valence-electron chi connectivity index (χ0n) is 10.1. The largest absolute Gasteiger partial charge is 0.398 e. The molecule has 1 aliphatic rings. The predicted molar refractivity (Wildman–Crippen MR) is 66.9 cm³/mol.